The van der Waals surface area contributed by atoms with Crippen LogP contribution in [0.5, 0.6) is 0 Å². The first kappa shape index (κ1) is 10.6. The molecule has 0 aromatic carbocycles. The second-order valence-corrected chi connectivity index (χ2v) is 4.91. The van der Waals surface area contributed by atoms with Gasteiger partial charge in [0.2, 0.25) is 0 Å². The van der Waals surface area contributed by atoms with Crippen molar-refractivity contribution in [2.75, 3.05) is 33.2 Å². The quantitative estimate of drug-likeness (QED) is 0.710. The Morgan fingerprint density at radius 1 is 1.40 bits per heavy atom. The van der Waals surface area contributed by atoms with Crippen LogP contribution in [0.15, 0.2) is 5.51 Å². The van der Waals surface area contributed by atoms with Crippen LogP contribution in [0.1, 0.15) is 15.4 Å². The molecule has 2 heterocycles. The molecule has 0 N–H and O–H groups in total. The Morgan fingerprint density at radius 2 is 2.07 bits per heavy atom. The number of aromatic nitrogens is 1. The smallest absolute Gasteiger partial charge is 0.273 e. The van der Waals surface area contributed by atoms with Crippen molar-refractivity contribution >= 4 is 17.2 Å². The van der Waals surface area contributed by atoms with E-state index < -0.39 is 0 Å². The van der Waals surface area contributed by atoms with Gasteiger partial charge in [-0.2, -0.15) is 0 Å². The number of piperazine rings is 1. The van der Waals surface area contributed by atoms with Gasteiger partial charge in [-0.25, -0.2) is 4.98 Å². The van der Waals surface area contributed by atoms with E-state index in [1.165, 1.54) is 11.3 Å². The number of likely N-dealkylation sites (N-methyl/N-ethyl adjacent to an activating group) is 1. The van der Waals surface area contributed by atoms with Gasteiger partial charge in [-0.15, -0.1) is 11.3 Å². The third kappa shape index (κ3) is 2.18. The Hall–Kier alpha value is -0.940. The zero-order valence-corrected chi connectivity index (χ0v) is 9.88. The molecule has 0 unspecified atom stereocenters. The highest BCUT2D eigenvalue weighted by Crippen LogP contribution is 2.14. The molecule has 1 fully saturated rings. The Kier molecular flexibility index (Phi) is 3.02. The average Bonchev–Trinajstić information content (AvgIpc) is 2.65. The molecule has 1 aromatic rings. The number of carbonyl (C=O) groups excluding carboxylic acids is 1. The van der Waals surface area contributed by atoms with Gasteiger partial charge in [-0.3, -0.25) is 4.79 Å². The summed E-state index contributed by atoms with van der Waals surface area (Å²) in [6, 6.07) is 0. The fourth-order valence-corrected chi connectivity index (χ4v) is 2.24. The standard InChI is InChI=1S/C10H15N3OS/c1-8-9(11-7-15-8)10(14)13-5-3-12(2)4-6-13/h7H,3-6H2,1-2H3. The topological polar surface area (TPSA) is 36.4 Å². The molecule has 2 rings (SSSR count). The van der Waals surface area contributed by atoms with Crippen molar-refractivity contribution < 1.29 is 4.79 Å². The lowest BCUT2D eigenvalue weighted by atomic mass is 10.2. The lowest BCUT2D eigenvalue weighted by molar-refractivity contribution is 0.0658. The first-order valence-corrected chi connectivity index (χ1v) is 5.94. The van der Waals surface area contributed by atoms with Gasteiger partial charge in [0.1, 0.15) is 5.69 Å². The van der Waals surface area contributed by atoms with Gasteiger partial charge in [0, 0.05) is 31.1 Å². The van der Waals surface area contributed by atoms with Crippen LogP contribution < -0.4 is 0 Å². The molecule has 4 nitrogen and oxygen atoms in total. The van der Waals surface area contributed by atoms with Crippen LogP contribution in [-0.2, 0) is 0 Å². The number of amides is 1. The second kappa shape index (κ2) is 4.28. The molecule has 1 saturated heterocycles. The van der Waals surface area contributed by atoms with Gasteiger partial charge in [0.15, 0.2) is 0 Å². The molecule has 0 saturated carbocycles. The summed E-state index contributed by atoms with van der Waals surface area (Å²) in [6.45, 7) is 5.48. The van der Waals surface area contributed by atoms with Crippen molar-refractivity contribution in [2.24, 2.45) is 0 Å². The molecule has 1 aliphatic heterocycles. The molecule has 0 radical (unpaired) electrons. The molecule has 0 spiro atoms. The number of nitrogens with zero attached hydrogens (tertiary/aromatic N) is 3. The summed E-state index contributed by atoms with van der Waals surface area (Å²) in [7, 11) is 2.08. The van der Waals surface area contributed by atoms with Crippen LogP contribution in [-0.4, -0.2) is 53.9 Å². The molecule has 1 aliphatic rings. The maximum atomic E-state index is 12.0. The van der Waals surface area contributed by atoms with Crippen molar-refractivity contribution in [1.82, 2.24) is 14.8 Å². The maximum absolute atomic E-state index is 12.0. The van der Waals surface area contributed by atoms with Gasteiger partial charge in [-0.1, -0.05) is 0 Å². The molecule has 0 atom stereocenters. The van der Waals surface area contributed by atoms with Crippen LogP contribution in [0.2, 0.25) is 0 Å². The molecule has 0 bridgehead atoms. The first-order valence-electron chi connectivity index (χ1n) is 5.06. The van der Waals surface area contributed by atoms with E-state index in [1.807, 2.05) is 11.8 Å². The van der Waals surface area contributed by atoms with Crippen molar-refractivity contribution in [3.8, 4) is 0 Å². The minimum Gasteiger partial charge on any atom is -0.335 e. The van der Waals surface area contributed by atoms with Crippen LogP contribution in [0.4, 0.5) is 0 Å². The van der Waals surface area contributed by atoms with Crippen molar-refractivity contribution in [1.29, 1.82) is 0 Å². The zero-order valence-electron chi connectivity index (χ0n) is 9.06. The van der Waals surface area contributed by atoms with E-state index in [-0.39, 0.29) is 5.91 Å². The molecule has 1 aromatic heterocycles. The SMILES string of the molecule is Cc1scnc1C(=O)N1CCN(C)CC1. The summed E-state index contributed by atoms with van der Waals surface area (Å²) >= 11 is 1.53. The third-order valence-electron chi connectivity index (χ3n) is 2.74. The molecule has 82 valence electrons. The molecular formula is C10H15N3OS. The maximum Gasteiger partial charge on any atom is 0.273 e. The van der Waals surface area contributed by atoms with Crippen molar-refractivity contribution in [2.45, 2.75) is 6.92 Å². The summed E-state index contributed by atoms with van der Waals surface area (Å²) < 4.78 is 0. The second-order valence-electron chi connectivity index (χ2n) is 3.85. The summed E-state index contributed by atoms with van der Waals surface area (Å²) in [5, 5.41) is 0. The third-order valence-corrected chi connectivity index (χ3v) is 3.50. The number of hydrogen-bond acceptors (Lipinski definition) is 4. The molecule has 0 aliphatic carbocycles. The Morgan fingerprint density at radius 3 is 2.60 bits per heavy atom. The minimum atomic E-state index is 0.0850. The fraction of sp³-hybridized carbons (Fsp3) is 0.600. The normalized spacial score (nSPS) is 18.1. The van der Waals surface area contributed by atoms with Gasteiger partial charge in [0.05, 0.1) is 5.51 Å². The van der Waals surface area contributed by atoms with Gasteiger partial charge in [-0.05, 0) is 14.0 Å². The zero-order chi connectivity index (χ0) is 10.8. The number of hydrogen-bond donors (Lipinski definition) is 0. The van der Waals surface area contributed by atoms with Gasteiger partial charge >= 0.3 is 0 Å². The molecule has 15 heavy (non-hydrogen) atoms. The summed E-state index contributed by atoms with van der Waals surface area (Å²) in [4.78, 5) is 21.3. The van der Waals surface area contributed by atoms with E-state index in [1.54, 1.807) is 5.51 Å². The highest BCUT2D eigenvalue weighted by molar-refractivity contribution is 7.09. The summed E-state index contributed by atoms with van der Waals surface area (Å²) in [6.07, 6.45) is 0. The Bertz CT molecular complexity index is 355. The highest BCUT2D eigenvalue weighted by Gasteiger charge is 2.22. The largest absolute Gasteiger partial charge is 0.335 e. The monoisotopic (exact) mass is 225 g/mol. The van der Waals surface area contributed by atoms with E-state index in [0.717, 1.165) is 31.1 Å². The lowest BCUT2D eigenvalue weighted by Gasteiger charge is -2.32. The van der Waals surface area contributed by atoms with E-state index in [9.17, 15) is 4.79 Å². The van der Waals surface area contributed by atoms with Gasteiger partial charge < -0.3 is 9.80 Å². The number of rotatable bonds is 1. The van der Waals surface area contributed by atoms with Crippen molar-refractivity contribution in [3.63, 3.8) is 0 Å². The summed E-state index contributed by atoms with van der Waals surface area (Å²) in [5.41, 5.74) is 2.36. The first-order chi connectivity index (χ1) is 7.18. The van der Waals surface area contributed by atoms with Crippen LogP contribution in [0, 0.1) is 6.92 Å². The van der Waals surface area contributed by atoms with Crippen LogP contribution in [0.25, 0.3) is 0 Å². The average molecular weight is 225 g/mol. The van der Waals surface area contributed by atoms with Crippen molar-refractivity contribution in [3.05, 3.63) is 16.1 Å². The lowest BCUT2D eigenvalue weighted by Crippen LogP contribution is -2.47. The number of carbonyl (C=O) groups is 1. The van der Waals surface area contributed by atoms with E-state index >= 15 is 0 Å². The number of aryl methyl sites for hydroxylation is 1. The fourth-order valence-electron chi connectivity index (χ4n) is 1.67. The molecule has 5 heteroatoms. The van der Waals surface area contributed by atoms with Gasteiger partial charge in [0.25, 0.3) is 5.91 Å². The van der Waals surface area contributed by atoms with Crippen LogP contribution >= 0.6 is 11.3 Å². The van der Waals surface area contributed by atoms with E-state index in [2.05, 4.69) is 16.9 Å². The van der Waals surface area contributed by atoms with E-state index in [0.29, 0.717) is 5.69 Å². The highest BCUT2D eigenvalue weighted by atomic mass is 32.1. The Balaban J connectivity index is 2.06. The number of thiazole rings is 1. The predicted molar refractivity (Wildman–Crippen MR) is 60.3 cm³/mol. The predicted octanol–water partition coefficient (Wildman–Crippen LogP) is 0.839. The van der Waals surface area contributed by atoms with E-state index in [4.69, 9.17) is 0 Å². The minimum absolute atomic E-state index is 0.0850. The Labute approximate surface area is 93.5 Å². The molecular weight excluding hydrogens is 210 g/mol. The molecule has 1 amide bonds. The van der Waals surface area contributed by atoms with Crippen LogP contribution in [0.3, 0.4) is 0 Å². The summed E-state index contributed by atoms with van der Waals surface area (Å²) in [5.74, 6) is 0.0850.